The maximum Gasteiger partial charge on any atom is 0.263 e. The van der Waals surface area contributed by atoms with Gasteiger partial charge in [0.05, 0.1) is 21.6 Å². The molecule has 0 saturated heterocycles. The molecule has 0 bridgehead atoms. The zero-order chi connectivity index (χ0) is 25.3. The van der Waals surface area contributed by atoms with E-state index in [1.54, 1.807) is 38.1 Å². The normalized spacial score (nSPS) is 12.7. The molecule has 34 heavy (non-hydrogen) atoms. The first-order valence-corrected chi connectivity index (χ1v) is 14.0. The number of hydrogen-bond donors (Lipinski definition) is 2. The summed E-state index contributed by atoms with van der Waals surface area (Å²) in [6.07, 6.45) is 1.12. The first-order chi connectivity index (χ1) is 15.8. The van der Waals surface area contributed by atoms with Gasteiger partial charge in [-0.3, -0.25) is 9.52 Å². The van der Waals surface area contributed by atoms with Crippen LogP contribution < -0.4 is 10.0 Å². The highest BCUT2D eigenvalue weighted by Gasteiger charge is 2.22. The minimum atomic E-state index is -4.05. The van der Waals surface area contributed by atoms with Crippen LogP contribution in [0.5, 0.6) is 0 Å². The lowest BCUT2D eigenvalue weighted by Crippen LogP contribution is -2.27. The van der Waals surface area contributed by atoms with Crippen LogP contribution >= 0.6 is 11.6 Å². The molecule has 0 aliphatic rings. The minimum absolute atomic E-state index is 0.0155. The van der Waals surface area contributed by atoms with Gasteiger partial charge in [0, 0.05) is 11.8 Å². The highest BCUT2D eigenvalue weighted by molar-refractivity contribution is 7.92. The van der Waals surface area contributed by atoms with E-state index in [2.05, 4.69) is 10.0 Å². The number of amides is 1. The molecule has 0 fully saturated rings. The van der Waals surface area contributed by atoms with Gasteiger partial charge >= 0.3 is 0 Å². The van der Waals surface area contributed by atoms with Crippen molar-refractivity contribution in [3.8, 4) is 0 Å². The molecule has 10 heteroatoms. The third kappa shape index (κ3) is 5.97. The molecule has 180 valence electrons. The van der Waals surface area contributed by atoms with Crippen LogP contribution in [-0.2, 0) is 19.9 Å². The van der Waals surface area contributed by atoms with Crippen molar-refractivity contribution in [3.63, 3.8) is 0 Å². The van der Waals surface area contributed by atoms with E-state index in [0.29, 0.717) is 11.3 Å². The molecule has 7 nitrogen and oxygen atoms in total. The fourth-order valence-corrected chi connectivity index (χ4v) is 5.63. The van der Waals surface area contributed by atoms with Gasteiger partial charge in [-0.05, 0) is 68.3 Å². The zero-order valence-electron chi connectivity index (χ0n) is 19.1. The largest absolute Gasteiger partial charge is 0.346 e. The van der Waals surface area contributed by atoms with Crippen LogP contribution in [0, 0.1) is 13.8 Å². The van der Waals surface area contributed by atoms with E-state index in [9.17, 15) is 21.6 Å². The van der Waals surface area contributed by atoms with Gasteiger partial charge in [0.2, 0.25) is 0 Å². The number of carbonyl (C=O) groups is 1. The van der Waals surface area contributed by atoms with Crippen molar-refractivity contribution in [2.24, 2.45) is 0 Å². The summed E-state index contributed by atoms with van der Waals surface area (Å²) in [4.78, 5) is 12.8. The Hall–Kier alpha value is -2.88. The molecule has 0 unspecified atom stereocenters. The first-order valence-electron chi connectivity index (χ1n) is 10.3. The van der Waals surface area contributed by atoms with Crippen LogP contribution in [0.25, 0.3) is 0 Å². The second-order valence-electron chi connectivity index (χ2n) is 8.11. The second-order valence-corrected chi connectivity index (χ2v) is 12.2. The summed E-state index contributed by atoms with van der Waals surface area (Å²) in [5.41, 5.74) is 2.98. The summed E-state index contributed by atoms with van der Waals surface area (Å²) in [5, 5.41) is 2.77. The van der Waals surface area contributed by atoms with Gasteiger partial charge in [-0.15, -0.1) is 0 Å². The quantitative estimate of drug-likeness (QED) is 0.471. The second kappa shape index (κ2) is 9.77. The Balaban J connectivity index is 1.82. The molecule has 0 aliphatic carbocycles. The highest BCUT2D eigenvalue weighted by Crippen LogP contribution is 2.27. The topological polar surface area (TPSA) is 109 Å². The van der Waals surface area contributed by atoms with Crippen molar-refractivity contribution in [1.82, 2.24) is 5.32 Å². The van der Waals surface area contributed by atoms with E-state index in [1.165, 1.54) is 30.3 Å². The van der Waals surface area contributed by atoms with Gasteiger partial charge in [0.1, 0.15) is 4.90 Å². The molecule has 0 aliphatic heterocycles. The van der Waals surface area contributed by atoms with Crippen molar-refractivity contribution >= 4 is 43.1 Å². The fourth-order valence-electron chi connectivity index (χ4n) is 3.35. The number of benzene rings is 3. The van der Waals surface area contributed by atoms with Gasteiger partial charge in [-0.1, -0.05) is 41.4 Å². The number of hydrogen-bond acceptors (Lipinski definition) is 5. The van der Waals surface area contributed by atoms with Crippen LogP contribution in [0.15, 0.2) is 70.5 Å². The number of anilines is 1. The third-order valence-corrected chi connectivity index (χ3v) is 8.24. The van der Waals surface area contributed by atoms with E-state index >= 15 is 0 Å². The number of sulfone groups is 1. The summed E-state index contributed by atoms with van der Waals surface area (Å²) in [6, 6.07) is 15.1. The van der Waals surface area contributed by atoms with Crippen LogP contribution in [0.3, 0.4) is 0 Å². The predicted molar refractivity (Wildman–Crippen MR) is 134 cm³/mol. The van der Waals surface area contributed by atoms with Crippen LogP contribution in [0.1, 0.15) is 40.0 Å². The SMILES string of the molecule is Cc1ccc(NS(=O)(=O)c2cc(C(=O)N[C@@H](C)c3ccc(S(C)(=O)=O)cc3)ccc2Cl)c(C)c1. The third-order valence-electron chi connectivity index (χ3n) is 5.26. The van der Waals surface area contributed by atoms with Crippen molar-refractivity contribution in [2.75, 3.05) is 11.0 Å². The molecule has 0 heterocycles. The van der Waals surface area contributed by atoms with E-state index in [1.807, 2.05) is 13.0 Å². The van der Waals surface area contributed by atoms with E-state index in [0.717, 1.165) is 17.4 Å². The molecule has 3 aromatic rings. The Labute approximate surface area is 205 Å². The number of nitrogens with one attached hydrogen (secondary N) is 2. The van der Waals surface area contributed by atoms with Crippen molar-refractivity contribution in [2.45, 2.75) is 36.6 Å². The highest BCUT2D eigenvalue weighted by atomic mass is 35.5. The lowest BCUT2D eigenvalue weighted by atomic mass is 10.1. The summed E-state index contributed by atoms with van der Waals surface area (Å²) in [5.74, 6) is -0.501. The molecule has 1 atom stereocenters. The van der Waals surface area contributed by atoms with Crippen LogP contribution in [0.4, 0.5) is 5.69 Å². The zero-order valence-corrected chi connectivity index (χ0v) is 21.5. The Morgan fingerprint density at radius 1 is 0.912 bits per heavy atom. The molecule has 1 amide bonds. The standard InChI is InChI=1S/C24H25ClN2O5S2/c1-15-5-12-22(16(2)13-15)27-34(31,32)23-14-19(8-11-21(23)25)24(28)26-17(3)18-6-9-20(10-7-18)33(4,29)30/h5-14,17,27H,1-4H3,(H,26,28)/t17-/m0/s1. The number of rotatable bonds is 7. The Morgan fingerprint density at radius 2 is 1.56 bits per heavy atom. The van der Waals surface area contributed by atoms with Gasteiger partial charge in [0.25, 0.3) is 15.9 Å². The van der Waals surface area contributed by atoms with Gasteiger partial charge in [-0.2, -0.15) is 0 Å². The van der Waals surface area contributed by atoms with E-state index < -0.39 is 31.8 Å². The molecular formula is C24H25ClN2O5S2. The van der Waals surface area contributed by atoms with E-state index in [-0.39, 0.29) is 20.4 Å². The molecule has 0 radical (unpaired) electrons. The lowest BCUT2D eigenvalue weighted by Gasteiger charge is -2.16. The van der Waals surface area contributed by atoms with Crippen LogP contribution in [-0.4, -0.2) is 29.0 Å². The van der Waals surface area contributed by atoms with Gasteiger partial charge in [0.15, 0.2) is 9.84 Å². The maximum absolute atomic E-state index is 13.0. The Kier molecular flexibility index (Phi) is 7.40. The molecular weight excluding hydrogens is 496 g/mol. The summed E-state index contributed by atoms with van der Waals surface area (Å²) >= 11 is 6.17. The van der Waals surface area contributed by atoms with Gasteiger partial charge in [-0.25, -0.2) is 16.8 Å². The molecule has 3 rings (SSSR count). The monoisotopic (exact) mass is 520 g/mol. The summed E-state index contributed by atoms with van der Waals surface area (Å²) < 4.78 is 51.8. The van der Waals surface area contributed by atoms with Crippen molar-refractivity contribution in [3.05, 3.63) is 87.9 Å². The first kappa shape index (κ1) is 25.7. The number of sulfonamides is 1. The molecule has 3 aromatic carbocycles. The predicted octanol–water partition coefficient (Wildman–Crippen LogP) is 4.65. The lowest BCUT2D eigenvalue weighted by molar-refractivity contribution is 0.0939. The van der Waals surface area contributed by atoms with Crippen molar-refractivity contribution in [1.29, 1.82) is 0 Å². The molecule has 0 saturated carbocycles. The van der Waals surface area contributed by atoms with E-state index in [4.69, 9.17) is 11.6 Å². The smallest absolute Gasteiger partial charge is 0.263 e. The Morgan fingerprint density at radius 3 is 2.15 bits per heavy atom. The molecule has 2 N–H and O–H groups in total. The number of carbonyl (C=O) groups excluding carboxylic acids is 1. The average Bonchev–Trinajstić information content (AvgIpc) is 2.75. The number of aryl methyl sites for hydroxylation is 2. The number of halogens is 1. The fraction of sp³-hybridized carbons (Fsp3) is 0.208. The summed E-state index contributed by atoms with van der Waals surface area (Å²) in [6.45, 7) is 5.44. The van der Waals surface area contributed by atoms with Crippen LogP contribution in [0.2, 0.25) is 5.02 Å². The Bertz CT molecular complexity index is 1450. The van der Waals surface area contributed by atoms with Gasteiger partial charge < -0.3 is 5.32 Å². The summed E-state index contributed by atoms with van der Waals surface area (Å²) in [7, 11) is -7.38. The molecule has 0 spiro atoms. The maximum atomic E-state index is 13.0. The molecule has 0 aromatic heterocycles. The minimum Gasteiger partial charge on any atom is -0.346 e. The average molecular weight is 521 g/mol. The van der Waals surface area contributed by atoms with Crippen molar-refractivity contribution < 1.29 is 21.6 Å².